The molecule has 0 aliphatic carbocycles. The fourth-order valence-electron chi connectivity index (χ4n) is 1.42. The van der Waals surface area contributed by atoms with E-state index in [4.69, 9.17) is 5.73 Å². The van der Waals surface area contributed by atoms with Crippen LogP contribution >= 0.6 is 0 Å². The summed E-state index contributed by atoms with van der Waals surface area (Å²) in [6.07, 6.45) is 6.35. The molecule has 1 amide bonds. The Morgan fingerprint density at radius 2 is 2.38 bits per heavy atom. The molecular formula is C10H11N5O. The average molecular weight is 217 g/mol. The van der Waals surface area contributed by atoms with Crippen molar-refractivity contribution in [3.8, 4) is 0 Å². The first-order valence-electron chi connectivity index (χ1n) is 4.76. The SMILES string of the molecule is Cc1ncc(C2N=CC=CN2)c(C(N)=O)n1. The molecule has 1 aliphatic rings. The first-order chi connectivity index (χ1) is 7.68. The van der Waals surface area contributed by atoms with Crippen LogP contribution in [0.25, 0.3) is 0 Å². The first kappa shape index (κ1) is 10.3. The summed E-state index contributed by atoms with van der Waals surface area (Å²) in [6.45, 7) is 1.70. The Morgan fingerprint density at radius 1 is 1.56 bits per heavy atom. The summed E-state index contributed by atoms with van der Waals surface area (Å²) < 4.78 is 0. The topological polar surface area (TPSA) is 93.3 Å². The van der Waals surface area contributed by atoms with E-state index in [1.54, 1.807) is 31.6 Å². The monoisotopic (exact) mass is 217 g/mol. The number of primary amides is 1. The molecule has 16 heavy (non-hydrogen) atoms. The van der Waals surface area contributed by atoms with Crippen molar-refractivity contribution in [2.45, 2.75) is 13.1 Å². The number of amides is 1. The minimum Gasteiger partial charge on any atom is -0.366 e. The Bertz CT molecular complexity index is 480. The molecule has 3 N–H and O–H groups in total. The van der Waals surface area contributed by atoms with Gasteiger partial charge < -0.3 is 11.1 Å². The standard InChI is InChI=1S/C10H11N5O/c1-6-14-5-7(8(15-6)9(11)16)10-12-3-2-4-13-10/h2-5,10,12H,1H3,(H2,11,16). The highest BCUT2D eigenvalue weighted by molar-refractivity contribution is 5.92. The highest BCUT2D eigenvalue weighted by Crippen LogP contribution is 2.18. The van der Waals surface area contributed by atoms with Crippen LogP contribution in [-0.2, 0) is 0 Å². The number of carbonyl (C=O) groups excluding carboxylic acids is 1. The Kier molecular flexibility index (Phi) is 2.63. The van der Waals surface area contributed by atoms with Crippen LogP contribution < -0.4 is 11.1 Å². The molecule has 6 heteroatoms. The molecule has 1 unspecified atom stereocenters. The van der Waals surface area contributed by atoms with Crippen molar-refractivity contribution in [3.63, 3.8) is 0 Å². The van der Waals surface area contributed by atoms with Gasteiger partial charge in [-0.25, -0.2) is 9.97 Å². The van der Waals surface area contributed by atoms with Crippen LogP contribution in [0.1, 0.15) is 28.0 Å². The van der Waals surface area contributed by atoms with Crippen LogP contribution in [0, 0.1) is 6.92 Å². The lowest BCUT2D eigenvalue weighted by Gasteiger charge is -2.16. The molecule has 2 rings (SSSR count). The third-order valence-electron chi connectivity index (χ3n) is 2.14. The zero-order valence-corrected chi connectivity index (χ0v) is 8.71. The summed E-state index contributed by atoms with van der Waals surface area (Å²) in [4.78, 5) is 23.5. The molecule has 2 heterocycles. The Morgan fingerprint density at radius 3 is 3.00 bits per heavy atom. The number of hydrogen-bond acceptors (Lipinski definition) is 5. The molecule has 6 nitrogen and oxygen atoms in total. The molecular weight excluding hydrogens is 206 g/mol. The van der Waals surface area contributed by atoms with Crippen molar-refractivity contribution in [2.24, 2.45) is 10.7 Å². The lowest BCUT2D eigenvalue weighted by Crippen LogP contribution is -2.23. The Labute approximate surface area is 92.3 Å². The zero-order chi connectivity index (χ0) is 11.5. The lowest BCUT2D eigenvalue weighted by molar-refractivity contribution is 0.0993. The quantitative estimate of drug-likeness (QED) is 0.733. The van der Waals surface area contributed by atoms with Gasteiger partial charge >= 0.3 is 0 Å². The van der Waals surface area contributed by atoms with Gasteiger partial charge in [-0.05, 0) is 19.2 Å². The predicted octanol–water partition coefficient (Wildman–Crippen LogP) is 0.0702. The molecule has 1 aromatic heterocycles. The van der Waals surface area contributed by atoms with Crippen LogP contribution in [0.4, 0.5) is 0 Å². The summed E-state index contributed by atoms with van der Waals surface area (Å²) in [6, 6.07) is 0. The van der Waals surface area contributed by atoms with Gasteiger partial charge in [0.2, 0.25) is 0 Å². The number of hydrogen-bond donors (Lipinski definition) is 2. The highest BCUT2D eigenvalue weighted by atomic mass is 16.1. The van der Waals surface area contributed by atoms with E-state index in [9.17, 15) is 4.79 Å². The summed E-state index contributed by atoms with van der Waals surface area (Å²) in [7, 11) is 0. The maximum Gasteiger partial charge on any atom is 0.267 e. The number of nitrogens with one attached hydrogen (secondary N) is 1. The number of allylic oxidation sites excluding steroid dienone is 1. The molecule has 0 spiro atoms. The smallest absolute Gasteiger partial charge is 0.267 e. The number of nitrogens with zero attached hydrogens (tertiary/aromatic N) is 3. The second-order valence-electron chi connectivity index (χ2n) is 3.31. The van der Waals surface area contributed by atoms with E-state index in [0.717, 1.165) is 0 Å². The van der Waals surface area contributed by atoms with Crippen molar-refractivity contribution in [1.82, 2.24) is 15.3 Å². The molecule has 1 aromatic rings. The van der Waals surface area contributed by atoms with Crippen LogP contribution in [0.3, 0.4) is 0 Å². The normalized spacial score (nSPS) is 18.2. The van der Waals surface area contributed by atoms with Crippen molar-refractivity contribution >= 4 is 12.1 Å². The van der Waals surface area contributed by atoms with Crippen LogP contribution in [-0.4, -0.2) is 22.1 Å². The third kappa shape index (κ3) is 1.90. The number of aryl methyl sites for hydroxylation is 1. The van der Waals surface area contributed by atoms with Gasteiger partial charge in [-0.15, -0.1) is 0 Å². The largest absolute Gasteiger partial charge is 0.366 e. The number of aromatic nitrogens is 2. The fraction of sp³-hybridized carbons (Fsp3) is 0.200. The van der Waals surface area contributed by atoms with Crippen molar-refractivity contribution in [3.05, 3.63) is 35.6 Å². The fourth-order valence-corrected chi connectivity index (χ4v) is 1.42. The minimum absolute atomic E-state index is 0.206. The van der Waals surface area contributed by atoms with E-state index < -0.39 is 5.91 Å². The van der Waals surface area contributed by atoms with E-state index in [2.05, 4.69) is 20.3 Å². The van der Waals surface area contributed by atoms with E-state index in [1.807, 2.05) is 0 Å². The van der Waals surface area contributed by atoms with Gasteiger partial charge in [-0.2, -0.15) is 0 Å². The molecule has 0 bridgehead atoms. The summed E-state index contributed by atoms with van der Waals surface area (Å²) >= 11 is 0. The second kappa shape index (κ2) is 4.09. The molecule has 1 aliphatic heterocycles. The van der Waals surface area contributed by atoms with Crippen molar-refractivity contribution in [2.75, 3.05) is 0 Å². The second-order valence-corrected chi connectivity index (χ2v) is 3.31. The number of nitrogens with two attached hydrogens (primary N) is 1. The molecule has 0 saturated heterocycles. The molecule has 0 radical (unpaired) electrons. The third-order valence-corrected chi connectivity index (χ3v) is 2.14. The molecule has 82 valence electrons. The van der Waals surface area contributed by atoms with Crippen molar-refractivity contribution < 1.29 is 4.79 Å². The van der Waals surface area contributed by atoms with Crippen LogP contribution in [0.2, 0.25) is 0 Å². The average Bonchev–Trinajstić information content (AvgIpc) is 2.30. The van der Waals surface area contributed by atoms with Gasteiger partial charge in [0, 0.05) is 18.0 Å². The maximum atomic E-state index is 11.3. The first-order valence-corrected chi connectivity index (χ1v) is 4.76. The van der Waals surface area contributed by atoms with Gasteiger partial charge in [0.05, 0.1) is 0 Å². The maximum absolute atomic E-state index is 11.3. The van der Waals surface area contributed by atoms with E-state index in [-0.39, 0.29) is 11.9 Å². The van der Waals surface area contributed by atoms with Crippen LogP contribution in [0.5, 0.6) is 0 Å². The lowest BCUT2D eigenvalue weighted by atomic mass is 10.1. The summed E-state index contributed by atoms with van der Waals surface area (Å²) in [5.41, 5.74) is 6.05. The molecule has 0 fully saturated rings. The zero-order valence-electron chi connectivity index (χ0n) is 8.71. The van der Waals surface area contributed by atoms with E-state index >= 15 is 0 Å². The van der Waals surface area contributed by atoms with Crippen LogP contribution in [0.15, 0.2) is 23.5 Å². The highest BCUT2D eigenvalue weighted by Gasteiger charge is 2.18. The van der Waals surface area contributed by atoms with Gasteiger partial charge in [0.15, 0.2) is 0 Å². The number of carbonyl (C=O) groups is 1. The summed E-state index contributed by atoms with van der Waals surface area (Å²) in [5, 5.41) is 2.98. The Hall–Kier alpha value is -2.24. The van der Waals surface area contributed by atoms with Gasteiger partial charge in [0.1, 0.15) is 17.7 Å². The number of aliphatic imine (C=N–C) groups is 1. The molecule has 1 atom stereocenters. The van der Waals surface area contributed by atoms with Gasteiger partial charge in [-0.1, -0.05) is 0 Å². The molecule has 0 saturated carbocycles. The van der Waals surface area contributed by atoms with Crippen molar-refractivity contribution in [1.29, 1.82) is 0 Å². The Balaban J connectivity index is 2.43. The van der Waals surface area contributed by atoms with E-state index in [1.165, 1.54) is 0 Å². The number of rotatable bonds is 2. The summed E-state index contributed by atoms with van der Waals surface area (Å²) in [5.74, 6) is -0.0695. The molecule has 0 aromatic carbocycles. The van der Waals surface area contributed by atoms with Gasteiger partial charge in [0.25, 0.3) is 5.91 Å². The van der Waals surface area contributed by atoms with E-state index in [0.29, 0.717) is 11.4 Å². The van der Waals surface area contributed by atoms with Gasteiger partial charge in [-0.3, -0.25) is 9.79 Å². The predicted molar refractivity (Wildman–Crippen MR) is 58.8 cm³/mol. The minimum atomic E-state index is -0.577.